The van der Waals surface area contributed by atoms with Gasteiger partial charge in [0.1, 0.15) is 12.4 Å². The van der Waals surface area contributed by atoms with Crippen LogP contribution in [-0.4, -0.2) is 31.5 Å². The normalized spacial score (nSPS) is 17.8. The molecule has 0 bridgehead atoms. The highest BCUT2D eigenvalue weighted by Gasteiger charge is 2.37. The van der Waals surface area contributed by atoms with E-state index in [9.17, 15) is 9.90 Å². The highest BCUT2D eigenvalue weighted by Crippen LogP contribution is 2.44. The Bertz CT molecular complexity index is 816. The summed E-state index contributed by atoms with van der Waals surface area (Å²) in [5, 5.41) is 12.0. The predicted molar refractivity (Wildman–Crippen MR) is 105 cm³/mol. The monoisotopic (exact) mass is 369 g/mol. The van der Waals surface area contributed by atoms with Gasteiger partial charge in [0.25, 0.3) is 0 Å². The van der Waals surface area contributed by atoms with E-state index in [1.165, 1.54) is 5.56 Å². The molecule has 27 heavy (non-hydrogen) atoms. The fourth-order valence-electron chi connectivity index (χ4n) is 3.70. The summed E-state index contributed by atoms with van der Waals surface area (Å²) in [6, 6.07) is 14.1. The average molecular weight is 369 g/mol. The molecule has 0 spiro atoms. The number of aryl methyl sites for hydroxylation is 1. The van der Waals surface area contributed by atoms with Crippen LogP contribution in [0.4, 0.5) is 4.79 Å². The van der Waals surface area contributed by atoms with Gasteiger partial charge in [-0.1, -0.05) is 38.1 Å². The number of nitrogens with one attached hydrogen (secondary N) is 1. The van der Waals surface area contributed by atoms with Crippen LogP contribution in [0.5, 0.6) is 5.75 Å². The number of amides is 1. The zero-order valence-corrected chi connectivity index (χ0v) is 16.1. The number of rotatable bonds is 6. The second kappa shape index (κ2) is 8.01. The maximum Gasteiger partial charge on any atom is 0.405 e. The van der Waals surface area contributed by atoms with Gasteiger partial charge in [-0.3, -0.25) is 0 Å². The Balaban J connectivity index is 1.93. The SMILES string of the molecule is COCCOc1cccc(-c2ccc3c(c2)C(NC(=O)O)C(C)(C)CC3)c1. The number of hydrogen-bond donors (Lipinski definition) is 2. The van der Waals surface area contributed by atoms with E-state index in [2.05, 4.69) is 37.4 Å². The van der Waals surface area contributed by atoms with E-state index < -0.39 is 6.09 Å². The van der Waals surface area contributed by atoms with E-state index in [1.807, 2.05) is 24.3 Å². The van der Waals surface area contributed by atoms with Crippen LogP contribution in [0, 0.1) is 5.41 Å². The van der Waals surface area contributed by atoms with Crippen molar-refractivity contribution in [3.05, 3.63) is 53.6 Å². The largest absolute Gasteiger partial charge is 0.491 e. The van der Waals surface area contributed by atoms with Gasteiger partial charge >= 0.3 is 6.09 Å². The molecule has 5 heteroatoms. The Labute approximate surface area is 160 Å². The van der Waals surface area contributed by atoms with Gasteiger partial charge in [0, 0.05) is 7.11 Å². The first-order chi connectivity index (χ1) is 12.9. The molecule has 0 radical (unpaired) electrons. The summed E-state index contributed by atoms with van der Waals surface area (Å²) >= 11 is 0. The van der Waals surface area contributed by atoms with E-state index >= 15 is 0 Å². The summed E-state index contributed by atoms with van der Waals surface area (Å²) in [6.07, 6.45) is 0.924. The minimum atomic E-state index is -0.986. The fourth-order valence-corrected chi connectivity index (χ4v) is 3.70. The molecule has 2 aromatic rings. The Morgan fingerprint density at radius 2 is 1.96 bits per heavy atom. The molecule has 0 saturated carbocycles. The van der Waals surface area contributed by atoms with Crippen molar-refractivity contribution in [1.29, 1.82) is 0 Å². The first-order valence-electron chi connectivity index (χ1n) is 9.25. The predicted octanol–water partition coefficient (Wildman–Crippen LogP) is 4.66. The minimum Gasteiger partial charge on any atom is -0.491 e. The van der Waals surface area contributed by atoms with Gasteiger partial charge in [0.2, 0.25) is 0 Å². The maximum atomic E-state index is 11.4. The second-order valence-electron chi connectivity index (χ2n) is 7.65. The Hall–Kier alpha value is -2.53. The molecule has 0 fully saturated rings. The van der Waals surface area contributed by atoms with Gasteiger partial charge in [-0.25, -0.2) is 4.79 Å². The van der Waals surface area contributed by atoms with Crippen LogP contribution < -0.4 is 10.1 Å². The molecule has 1 unspecified atom stereocenters. The van der Waals surface area contributed by atoms with Gasteiger partial charge in [-0.05, 0) is 58.7 Å². The van der Waals surface area contributed by atoms with Crippen molar-refractivity contribution in [2.24, 2.45) is 5.41 Å². The van der Waals surface area contributed by atoms with Gasteiger partial charge in [0.05, 0.1) is 12.6 Å². The molecular weight excluding hydrogens is 342 g/mol. The standard InChI is InChI=1S/C22H27NO4/c1-22(2)10-9-15-7-8-17(14-19(15)20(22)23-21(24)25)16-5-4-6-18(13-16)27-12-11-26-3/h4-8,13-14,20,23H,9-12H2,1-3H3,(H,24,25). The molecule has 1 amide bonds. The smallest absolute Gasteiger partial charge is 0.405 e. The maximum absolute atomic E-state index is 11.4. The summed E-state index contributed by atoms with van der Waals surface area (Å²) in [5.41, 5.74) is 4.25. The quantitative estimate of drug-likeness (QED) is 0.727. The molecule has 2 aromatic carbocycles. The number of hydrogen-bond acceptors (Lipinski definition) is 3. The Morgan fingerprint density at radius 3 is 2.70 bits per heavy atom. The Kier molecular flexibility index (Phi) is 5.71. The number of benzene rings is 2. The lowest BCUT2D eigenvalue weighted by Gasteiger charge is -2.40. The van der Waals surface area contributed by atoms with E-state index in [4.69, 9.17) is 9.47 Å². The lowest BCUT2D eigenvalue weighted by molar-refractivity contribution is 0.146. The van der Waals surface area contributed by atoms with Crippen molar-refractivity contribution in [2.45, 2.75) is 32.7 Å². The van der Waals surface area contributed by atoms with Crippen molar-refractivity contribution in [3.8, 4) is 16.9 Å². The van der Waals surface area contributed by atoms with E-state index in [1.54, 1.807) is 7.11 Å². The lowest BCUT2D eigenvalue weighted by atomic mass is 9.70. The summed E-state index contributed by atoms with van der Waals surface area (Å²) in [6.45, 7) is 5.28. The van der Waals surface area contributed by atoms with E-state index in [0.29, 0.717) is 13.2 Å². The van der Waals surface area contributed by atoms with Gasteiger partial charge in [-0.15, -0.1) is 0 Å². The highest BCUT2D eigenvalue weighted by atomic mass is 16.5. The van der Waals surface area contributed by atoms with E-state index in [0.717, 1.165) is 35.3 Å². The van der Waals surface area contributed by atoms with Gasteiger partial charge in [-0.2, -0.15) is 0 Å². The van der Waals surface area contributed by atoms with Crippen molar-refractivity contribution in [2.75, 3.05) is 20.3 Å². The Morgan fingerprint density at radius 1 is 1.19 bits per heavy atom. The molecule has 2 N–H and O–H groups in total. The van der Waals surface area contributed by atoms with Gasteiger partial charge < -0.3 is 19.9 Å². The minimum absolute atomic E-state index is 0.130. The summed E-state index contributed by atoms with van der Waals surface area (Å²) < 4.78 is 10.7. The third-order valence-electron chi connectivity index (χ3n) is 5.27. The number of carboxylic acid groups (broad SMARTS) is 1. The zero-order chi connectivity index (χ0) is 19.4. The zero-order valence-electron chi connectivity index (χ0n) is 16.1. The molecule has 5 nitrogen and oxygen atoms in total. The van der Waals surface area contributed by atoms with Crippen molar-refractivity contribution in [3.63, 3.8) is 0 Å². The first kappa shape index (κ1) is 19.2. The molecule has 1 atom stereocenters. The van der Waals surface area contributed by atoms with Gasteiger partial charge in [0.15, 0.2) is 0 Å². The van der Waals surface area contributed by atoms with Crippen LogP contribution in [0.3, 0.4) is 0 Å². The van der Waals surface area contributed by atoms with Crippen LogP contribution in [0.2, 0.25) is 0 Å². The molecule has 0 heterocycles. The van der Waals surface area contributed by atoms with Crippen LogP contribution in [0.15, 0.2) is 42.5 Å². The van der Waals surface area contributed by atoms with Crippen molar-refractivity contribution in [1.82, 2.24) is 5.32 Å². The fraction of sp³-hybridized carbons (Fsp3) is 0.409. The molecule has 0 saturated heterocycles. The first-order valence-corrected chi connectivity index (χ1v) is 9.25. The molecule has 3 rings (SSSR count). The molecular formula is C22H27NO4. The summed E-state index contributed by atoms with van der Waals surface area (Å²) in [5.74, 6) is 0.794. The van der Waals surface area contributed by atoms with Crippen LogP contribution in [-0.2, 0) is 11.2 Å². The molecule has 1 aliphatic carbocycles. The molecule has 1 aliphatic rings. The topological polar surface area (TPSA) is 67.8 Å². The second-order valence-corrected chi connectivity index (χ2v) is 7.65. The van der Waals surface area contributed by atoms with Crippen molar-refractivity contribution >= 4 is 6.09 Å². The summed E-state index contributed by atoms with van der Waals surface area (Å²) in [7, 11) is 1.65. The number of methoxy groups -OCH3 is 1. The average Bonchev–Trinajstić information content (AvgIpc) is 2.64. The van der Waals surface area contributed by atoms with Crippen LogP contribution >= 0.6 is 0 Å². The number of fused-ring (bicyclic) bond motifs is 1. The molecule has 144 valence electrons. The molecule has 0 aliphatic heterocycles. The molecule has 0 aromatic heterocycles. The number of carbonyl (C=O) groups is 1. The lowest BCUT2D eigenvalue weighted by Crippen LogP contribution is -2.40. The highest BCUT2D eigenvalue weighted by molar-refractivity contribution is 5.69. The van der Waals surface area contributed by atoms with Crippen molar-refractivity contribution < 1.29 is 19.4 Å². The van der Waals surface area contributed by atoms with E-state index in [-0.39, 0.29) is 11.5 Å². The third kappa shape index (κ3) is 4.42. The number of ether oxygens (including phenoxy) is 2. The van der Waals surface area contributed by atoms with Crippen LogP contribution in [0.25, 0.3) is 11.1 Å². The third-order valence-corrected chi connectivity index (χ3v) is 5.27. The van der Waals surface area contributed by atoms with Crippen LogP contribution in [0.1, 0.15) is 37.4 Å². The summed E-state index contributed by atoms with van der Waals surface area (Å²) in [4.78, 5) is 11.4.